The van der Waals surface area contributed by atoms with E-state index in [1.807, 2.05) is 70.8 Å². The number of hydrogen-bond donors (Lipinski definition) is 1. The van der Waals surface area contributed by atoms with Crippen LogP contribution in [0.4, 0.5) is 22.7 Å². The number of nitrogens with one attached hydrogen (secondary N) is 1. The second kappa shape index (κ2) is 9.46. The van der Waals surface area contributed by atoms with Gasteiger partial charge in [-0.3, -0.25) is 25.4 Å². The topological polar surface area (TPSA) is 106 Å². The van der Waals surface area contributed by atoms with Crippen molar-refractivity contribution >= 4 is 39.6 Å². The number of non-ortho nitro benzene ring substituents is 1. The molecule has 1 fully saturated rings. The highest BCUT2D eigenvalue weighted by molar-refractivity contribution is 8.13. The molecule has 0 spiro atoms. The van der Waals surface area contributed by atoms with Crippen LogP contribution in [0.2, 0.25) is 0 Å². The number of anilines is 2. The number of nitro groups is 1. The van der Waals surface area contributed by atoms with Crippen molar-refractivity contribution < 1.29 is 14.8 Å². The van der Waals surface area contributed by atoms with Crippen LogP contribution in [0.5, 0.6) is 0 Å². The third-order valence-corrected chi connectivity index (χ3v) is 6.91. The molecule has 5 rings (SSSR count). The van der Waals surface area contributed by atoms with Gasteiger partial charge in [-0.05, 0) is 37.1 Å². The second-order valence-electron chi connectivity index (χ2n) is 8.18. The van der Waals surface area contributed by atoms with Crippen molar-refractivity contribution in [2.75, 3.05) is 22.8 Å². The van der Waals surface area contributed by atoms with E-state index in [0.29, 0.717) is 12.1 Å². The molecule has 0 bridgehead atoms. The molecule has 0 amide bonds. The Hall–Kier alpha value is -4.18. The van der Waals surface area contributed by atoms with Crippen molar-refractivity contribution in [3.8, 4) is 0 Å². The predicted octanol–water partition coefficient (Wildman–Crippen LogP) is 4.60. The third-order valence-electron chi connectivity index (χ3n) is 6.21. The van der Waals surface area contributed by atoms with Gasteiger partial charge in [-0.2, -0.15) is 0 Å². The normalized spacial score (nSPS) is 20.0. The lowest BCUT2D eigenvalue weighted by Gasteiger charge is -2.43. The Labute approximate surface area is 212 Å². The zero-order valence-electron chi connectivity index (χ0n) is 19.7. The van der Waals surface area contributed by atoms with Gasteiger partial charge in [0, 0.05) is 24.1 Å². The van der Waals surface area contributed by atoms with Gasteiger partial charge in [0.1, 0.15) is 5.82 Å². The number of aliphatic imine (C=N–C) groups is 1. The molecule has 2 heterocycles. The lowest BCUT2D eigenvalue weighted by atomic mass is 9.92. The van der Waals surface area contributed by atoms with Gasteiger partial charge in [-0.15, -0.1) is 11.8 Å². The number of thioether (sulfide) groups is 1. The van der Waals surface area contributed by atoms with Crippen LogP contribution < -0.4 is 20.4 Å². The summed E-state index contributed by atoms with van der Waals surface area (Å²) in [7, 11) is 0. The average Bonchev–Trinajstić information content (AvgIpc) is 3.16. The third kappa shape index (κ3) is 3.79. The summed E-state index contributed by atoms with van der Waals surface area (Å²) in [6, 6.07) is 23.8. The molecule has 2 aliphatic heterocycles. The molecule has 0 aliphatic carbocycles. The molecule has 9 nitrogen and oxygen atoms in total. The fraction of sp³-hybridized carbons (Fsp3) is 0.192. The maximum atomic E-state index is 13.3. The van der Waals surface area contributed by atoms with Crippen LogP contribution in [-0.2, 0) is 10.4 Å². The van der Waals surface area contributed by atoms with Crippen molar-refractivity contribution in [1.29, 1.82) is 0 Å². The number of para-hydroxylation sites is 2. The van der Waals surface area contributed by atoms with E-state index in [1.165, 1.54) is 12.1 Å². The molecule has 184 valence electrons. The maximum absolute atomic E-state index is 13.3. The quantitative estimate of drug-likeness (QED) is 0.307. The van der Waals surface area contributed by atoms with Crippen molar-refractivity contribution in [2.45, 2.75) is 19.0 Å². The van der Waals surface area contributed by atoms with Gasteiger partial charge in [0.2, 0.25) is 0 Å². The van der Waals surface area contributed by atoms with Crippen LogP contribution in [0.25, 0.3) is 0 Å². The molecule has 1 N–H and O–H groups in total. The van der Waals surface area contributed by atoms with Crippen molar-refractivity contribution in [3.63, 3.8) is 0 Å². The SMILES string of the molecule is CCOC([O-])=C1NN(c2ccc([N+](=O)[O-])cc2)[C@@]2(c3ccccc3)CC(SC)=Nc3ccccc3N12. The Morgan fingerprint density at radius 3 is 2.47 bits per heavy atom. The number of nitro benzene ring substituents is 1. The Kier molecular flexibility index (Phi) is 6.19. The van der Waals surface area contributed by atoms with Crippen LogP contribution in [-0.4, -0.2) is 22.8 Å². The number of benzene rings is 3. The zero-order valence-corrected chi connectivity index (χ0v) is 20.6. The molecule has 3 aromatic carbocycles. The number of nitrogens with zero attached hydrogens (tertiary/aromatic N) is 4. The molecule has 1 atom stereocenters. The van der Waals surface area contributed by atoms with Crippen LogP contribution in [0.15, 0.2) is 95.6 Å². The van der Waals surface area contributed by atoms with Gasteiger partial charge in [0.25, 0.3) is 5.69 Å². The first-order valence-electron chi connectivity index (χ1n) is 11.4. The summed E-state index contributed by atoms with van der Waals surface area (Å²) in [6.07, 6.45) is 2.41. The Balaban J connectivity index is 1.83. The lowest BCUT2D eigenvalue weighted by Crippen LogP contribution is -2.53. The smallest absolute Gasteiger partial charge is 0.269 e. The lowest BCUT2D eigenvalue weighted by molar-refractivity contribution is -0.384. The van der Waals surface area contributed by atoms with Crippen LogP contribution in [0.1, 0.15) is 18.9 Å². The predicted molar refractivity (Wildman–Crippen MR) is 140 cm³/mol. The van der Waals surface area contributed by atoms with E-state index in [2.05, 4.69) is 5.43 Å². The van der Waals surface area contributed by atoms with Gasteiger partial charge in [0.05, 0.1) is 33.0 Å². The second-order valence-corrected chi connectivity index (χ2v) is 9.06. The summed E-state index contributed by atoms with van der Waals surface area (Å²) in [4.78, 5) is 17.8. The van der Waals surface area contributed by atoms with Gasteiger partial charge >= 0.3 is 0 Å². The largest absolute Gasteiger partial charge is 0.611 e. The molecule has 10 heteroatoms. The average molecular weight is 503 g/mol. The minimum Gasteiger partial charge on any atom is -0.611 e. The van der Waals surface area contributed by atoms with Crippen molar-refractivity contribution in [3.05, 3.63) is 106 Å². The molecule has 3 aromatic rings. The molecule has 0 aromatic heterocycles. The highest BCUT2D eigenvalue weighted by atomic mass is 32.2. The first kappa shape index (κ1) is 23.6. The molecule has 0 saturated carbocycles. The Morgan fingerprint density at radius 2 is 1.81 bits per heavy atom. The Bertz CT molecular complexity index is 1350. The summed E-state index contributed by atoms with van der Waals surface area (Å²) in [6.45, 7) is 1.97. The number of hydrazine groups is 1. The van der Waals surface area contributed by atoms with Gasteiger partial charge < -0.3 is 9.84 Å². The summed E-state index contributed by atoms with van der Waals surface area (Å²) in [5, 5.41) is 27.4. The molecule has 36 heavy (non-hydrogen) atoms. The van der Waals surface area contributed by atoms with E-state index in [0.717, 1.165) is 22.0 Å². The highest BCUT2D eigenvalue weighted by Gasteiger charge is 2.54. The first-order valence-corrected chi connectivity index (χ1v) is 12.6. The van der Waals surface area contributed by atoms with E-state index in [9.17, 15) is 15.2 Å². The highest BCUT2D eigenvalue weighted by Crippen LogP contribution is 2.52. The molecule has 2 aliphatic rings. The molecule has 0 unspecified atom stereocenters. The fourth-order valence-corrected chi connectivity index (χ4v) is 5.20. The van der Waals surface area contributed by atoms with E-state index in [4.69, 9.17) is 9.73 Å². The van der Waals surface area contributed by atoms with Crippen molar-refractivity contribution in [2.24, 2.45) is 4.99 Å². The van der Waals surface area contributed by atoms with Crippen LogP contribution in [0, 0.1) is 10.1 Å². The minimum atomic E-state index is -0.964. The maximum Gasteiger partial charge on any atom is 0.269 e. The first-order chi connectivity index (χ1) is 17.5. The zero-order chi connectivity index (χ0) is 25.3. The number of fused-ring (bicyclic) bond motifs is 3. The van der Waals surface area contributed by atoms with E-state index < -0.39 is 16.5 Å². The van der Waals surface area contributed by atoms with Gasteiger partial charge in [0.15, 0.2) is 5.66 Å². The van der Waals surface area contributed by atoms with E-state index in [1.54, 1.807) is 30.8 Å². The summed E-state index contributed by atoms with van der Waals surface area (Å²) in [5.74, 6) is -0.270. The van der Waals surface area contributed by atoms with Crippen molar-refractivity contribution in [1.82, 2.24) is 5.43 Å². The number of ether oxygens (including phenoxy) is 1. The van der Waals surface area contributed by atoms with Gasteiger partial charge in [-0.1, -0.05) is 49.4 Å². The molecular formula is C26H24N5O4S-. The molecule has 0 radical (unpaired) electrons. The molecule has 1 saturated heterocycles. The molecular weight excluding hydrogens is 478 g/mol. The Morgan fingerprint density at radius 1 is 1.11 bits per heavy atom. The number of rotatable bonds is 5. The fourth-order valence-electron chi connectivity index (χ4n) is 4.66. The number of hydrogen-bond acceptors (Lipinski definition) is 9. The van der Waals surface area contributed by atoms with Crippen LogP contribution >= 0.6 is 11.8 Å². The van der Waals surface area contributed by atoms with Gasteiger partial charge in [-0.25, -0.2) is 4.99 Å². The monoisotopic (exact) mass is 502 g/mol. The van der Waals surface area contributed by atoms with E-state index >= 15 is 0 Å². The summed E-state index contributed by atoms with van der Waals surface area (Å²) in [5.41, 5.74) is 5.35. The summed E-state index contributed by atoms with van der Waals surface area (Å²) < 4.78 is 5.46. The standard InChI is InChI=1S/C26H25N5O4S/c1-3-35-25(32)24-28-30(19-13-15-20(16-14-19)31(33)34)26(18-9-5-4-6-10-18)17-23(36-2)27-21-11-7-8-12-22(21)29(24)26/h4-16,28,32H,3,17H2,1-2H3/p-1/t26-/m1/s1. The van der Waals surface area contributed by atoms with E-state index in [-0.39, 0.29) is 18.1 Å². The van der Waals surface area contributed by atoms with Crippen LogP contribution in [0.3, 0.4) is 0 Å². The minimum absolute atomic E-state index is 0.0178. The summed E-state index contributed by atoms with van der Waals surface area (Å²) >= 11 is 1.54.